The van der Waals surface area contributed by atoms with E-state index in [1.165, 1.54) is 0 Å². The summed E-state index contributed by atoms with van der Waals surface area (Å²) in [6, 6.07) is 3.43. The topological polar surface area (TPSA) is 95.7 Å². The van der Waals surface area contributed by atoms with Gasteiger partial charge in [-0.25, -0.2) is 0 Å². The Balaban J connectivity index is 2.01. The molecule has 2 aliphatic rings. The molecule has 1 fully saturated rings. The van der Waals surface area contributed by atoms with E-state index in [0.717, 1.165) is 0 Å². The van der Waals surface area contributed by atoms with Crippen molar-refractivity contribution in [1.82, 2.24) is 0 Å². The van der Waals surface area contributed by atoms with E-state index < -0.39 is 0 Å². The van der Waals surface area contributed by atoms with E-state index in [4.69, 9.17) is 0 Å². The molecule has 0 atom stereocenters. The lowest BCUT2D eigenvalue weighted by molar-refractivity contribution is -0.384. The number of amides is 1. The molecular formula is C14H17N3O4. The van der Waals surface area contributed by atoms with Crippen molar-refractivity contribution in [2.75, 3.05) is 23.3 Å². The molecule has 0 spiro atoms. The van der Waals surface area contributed by atoms with Gasteiger partial charge in [-0.15, -0.1) is 0 Å². The number of nitro benzene ring substituents is 1. The van der Waals surface area contributed by atoms with E-state index in [2.05, 4.69) is 5.32 Å². The number of hydrogen-bond acceptors (Lipinski definition) is 5. The molecule has 7 heteroatoms. The highest BCUT2D eigenvalue weighted by molar-refractivity contribution is 5.96. The molecule has 2 N–H and O–H groups in total. The van der Waals surface area contributed by atoms with E-state index in [1.807, 2.05) is 4.90 Å². The molecule has 1 aromatic rings. The standard InChI is InChI=1S/C14H17N3O4/c18-9-5-7-16(8-6-9)12-3-2-11-10(14(12)17(20)21)1-4-13(19)15-11/h2-3,9,18H,1,4-8H2,(H,15,19). The number of aliphatic hydroxyl groups is 1. The van der Waals surface area contributed by atoms with Crippen LogP contribution in [0.3, 0.4) is 0 Å². The van der Waals surface area contributed by atoms with Crippen molar-refractivity contribution in [3.05, 3.63) is 27.8 Å². The number of anilines is 2. The molecule has 0 unspecified atom stereocenters. The summed E-state index contributed by atoms with van der Waals surface area (Å²) in [7, 11) is 0. The number of hydrogen-bond donors (Lipinski definition) is 2. The fourth-order valence-corrected chi connectivity index (χ4v) is 3.01. The smallest absolute Gasteiger partial charge is 0.297 e. The van der Waals surface area contributed by atoms with Crippen LogP contribution in [0.5, 0.6) is 0 Å². The predicted molar refractivity (Wildman–Crippen MR) is 77.5 cm³/mol. The largest absolute Gasteiger partial charge is 0.393 e. The highest BCUT2D eigenvalue weighted by atomic mass is 16.6. The van der Waals surface area contributed by atoms with Crippen LogP contribution in [0.15, 0.2) is 12.1 Å². The zero-order valence-corrected chi connectivity index (χ0v) is 11.5. The van der Waals surface area contributed by atoms with Crippen molar-refractivity contribution < 1.29 is 14.8 Å². The normalized spacial score (nSPS) is 19.1. The first-order valence-electron chi connectivity index (χ1n) is 7.09. The number of fused-ring (bicyclic) bond motifs is 1. The van der Waals surface area contributed by atoms with Gasteiger partial charge in [0.15, 0.2) is 0 Å². The zero-order chi connectivity index (χ0) is 15.0. The van der Waals surface area contributed by atoms with Crippen LogP contribution in [-0.2, 0) is 11.2 Å². The van der Waals surface area contributed by atoms with Crippen LogP contribution in [0.2, 0.25) is 0 Å². The third kappa shape index (κ3) is 2.56. The maximum atomic E-state index is 11.5. The maximum Gasteiger partial charge on any atom is 0.297 e. The molecule has 1 amide bonds. The van der Waals surface area contributed by atoms with Crippen LogP contribution in [0.25, 0.3) is 0 Å². The maximum absolute atomic E-state index is 11.5. The summed E-state index contributed by atoms with van der Waals surface area (Å²) in [4.78, 5) is 24.5. The number of rotatable bonds is 2. The number of nitro groups is 1. The fraction of sp³-hybridized carbons (Fsp3) is 0.500. The number of carbonyl (C=O) groups excluding carboxylic acids is 1. The van der Waals surface area contributed by atoms with Gasteiger partial charge in [-0.1, -0.05) is 0 Å². The molecular weight excluding hydrogens is 274 g/mol. The molecule has 1 saturated heterocycles. The lowest BCUT2D eigenvalue weighted by Gasteiger charge is -2.32. The quantitative estimate of drug-likeness (QED) is 0.635. The number of nitrogens with one attached hydrogen (secondary N) is 1. The number of piperidine rings is 1. The third-order valence-corrected chi connectivity index (χ3v) is 4.13. The first-order valence-corrected chi connectivity index (χ1v) is 7.09. The minimum atomic E-state index is -0.364. The van der Waals surface area contributed by atoms with E-state index in [9.17, 15) is 20.0 Å². The van der Waals surface area contributed by atoms with E-state index in [-0.39, 0.29) is 29.0 Å². The average molecular weight is 291 g/mol. The van der Waals surface area contributed by atoms with Crippen LogP contribution in [0.4, 0.5) is 17.1 Å². The highest BCUT2D eigenvalue weighted by Crippen LogP contribution is 2.39. The second-order valence-corrected chi connectivity index (χ2v) is 5.48. The van der Waals surface area contributed by atoms with Crippen molar-refractivity contribution >= 4 is 23.0 Å². The van der Waals surface area contributed by atoms with Crippen LogP contribution in [0, 0.1) is 10.1 Å². The number of nitrogens with zero attached hydrogens (tertiary/aromatic N) is 2. The van der Waals surface area contributed by atoms with Gasteiger partial charge in [-0.05, 0) is 31.4 Å². The van der Waals surface area contributed by atoms with Gasteiger partial charge in [0.1, 0.15) is 5.69 Å². The van der Waals surface area contributed by atoms with Gasteiger partial charge in [0.25, 0.3) is 5.69 Å². The molecule has 112 valence electrons. The lowest BCUT2D eigenvalue weighted by Crippen LogP contribution is -2.36. The highest BCUT2D eigenvalue weighted by Gasteiger charge is 2.30. The van der Waals surface area contributed by atoms with E-state index in [0.29, 0.717) is 49.3 Å². The van der Waals surface area contributed by atoms with Gasteiger partial charge in [0, 0.05) is 19.5 Å². The van der Waals surface area contributed by atoms with Gasteiger partial charge in [-0.3, -0.25) is 14.9 Å². The van der Waals surface area contributed by atoms with Crippen molar-refractivity contribution in [3.8, 4) is 0 Å². The van der Waals surface area contributed by atoms with Gasteiger partial charge < -0.3 is 15.3 Å². The minimum absolute atomic E-state index is 0.0869. The Kier molecular flexibility index (Phi) is 3.50. The fourth-order valence-electron chi connectivity index (χ4n) is 3.01. The van der Waals surface area contributed by atoms with Crippen LogP contribution >= 0.6 is 0 Å². The second kappa shape index (κ2) is 5.33. The number of carbonyl (C=O) groups is 1. The van der Waals surface area contributed by atoms with Gasteiger partial charge >= 0.3 is 0 Å². The monoisotopic (exact) mass is 291 g/mol. The van der Waals surface area contributed by atoms with Crippen LogP contribution in [0.1, 0.15) is 24.8 Å². The Labute approximate surface area is 121 Å². The summed E-state index contributed by atoms with van der Waals surface area (Å²) in [5.41, 5.74) is 1.81. The molecule has 2 aliphatic heterocycles. The van der Waals surface area contributed by atoms with Crippen molar-refractivity contribution in [2.45, 2.75) is 31.8 Å². The zero-order valence-electron chi connectivity index (χ0n) is 11.5. The van der Waals surface area contributed by atoms with Gasteiger partial charge in [0.2, 0.25) is 5.91 Å². The molecule has 3 rings (SSSR count). The summed E-state index contributed by atoms with van der Waals surface area (Å²) < 4.78 is 0. The first-order chi connectivity index (χ1) is 10.1. The van der Waals surface area contributed by atoms with Gasteiger partial charge in [-0.2, -0.15) is 0 Å². The van der Waals surface area contributed by atoms with Crippen LogP contribution < -0.4 is 10.2 Å². The van der Waals surface area contributed by atoms with E-state index in [1.54, 1.807) is 12.1 Å². The van der Waals surface area contributed by atoms with Crippen LogP contribution in [-0.4, -0.2) is 35.1 Å². The Hall–Kier alpha value is -2.15. The lowest BCUT2D eigenvalue weighted by atomic mass is 9.98. The average Bonchev–Trinajstić information content (AvgIpc) is 2.46. The molecule has 7 nitrogen and oxygen atoms in total. The molecule has 0 bridgehead atoms. The van der Waals surface area contributed by atoms with Crippen molar-refractivity contribution in [2.24, 2.45) is 0 Å². The Morgan fingerprint density at radius 2 is 2.00 bits per heavy atom. The molecule has 0 aliphatic carbocycles. The Bertz CT molecular complexity index is 594. The summed E-state index contributed by atoms with van der Waals surface area (Å²) in [6.45, 7) is 1.21. The molecule has 21 heavy (non-hydrogen) atoms. The van der Waals surface area contributed by atoms with Crippen molar-refractivity contribution in [1.29, 1.82) is 0 Å². The second-order valence-electron chi connectivity index (χ2n) is 5.48. The minimum Gasteiger partial charge on any atom is -0.393 e. The number of benzene rings is 1. The SMILES string of the molecule is O=C1CCc2c(ccc(N3CCC(O)CC3)c2[N+](=O)[O-])N1. The van der Waals surface area contributed by atoms with Crippen molar-refractivity contribution in [3.63, 3.8) is 0 Å². The number of aliphatic hydroxyl groups excluding tert-OH is 1. The molecule has 1 aromatic carbocycles. The van der Waals surface area contributed by atoms with Gasteiger partial charge in [0.05, 0.1) is 22.3 Å². The summed E-state index contributed by atoms with van der Waals surface area (Å²) in [6.07, 6.45) is 1.57. The summed E-state index contributed by atoms with van der Waals surface area (Å²) in [5, 5.41) is 23.8. The first kappa shape index (κ1) is 13.8. The molecule has 0 aromatic heterocycles. The Morgan fingerprint density at radius 3 is 2.67 bits per heavy atom. The summed E-state index contributed by atoms with van der Waals surface area (Å²) >= 11 is 0. The Morgan fingerprint density at radius 1 is 1.29 bits per heavy atom. The third-order valence-electron chi connectivity index (χ3n) is 4.13. The molecule has 0 radical (unpaired) electrons. The van der Waals surface area contributed by atoms with E-state index >= 15 is 0 Å². The summed E-state index contributed by atoms with van der Waals surface area (Å²) in [5.74, 6) is -0.106. The molecule has 2 heterocycles. The predicted octanol–water partition coefficient (Wildman–Crippen LogP) is 1.44. The molecule has 0 saturated carbocycles.